The zero-order valence-electron chi connectivity index (χ0n) is 19.5. The van der Waals surface area contributed by atoms with E-state index in [1.807, 2.05) is 36.4 Å². The van der Waals surface area contributed by atoms with Crippen LogP contribution in [0.15, 0.2) is 60.7 Å². The molecule has 2 aromatic carbocycles. The minimum atomic E-state index is -1.19. The first-order valence-corrected chi connectivity index (χ1v) is 12.3. The van der Waals surface area contributed by atoms with E-state index < -0.39 is 30.4 Å². The molecule has 4 aliphatic rings. The van der Waals surface area contributed by atoms with E-state index >= 15 is 0 Å². The van der Waals surface area contributed by atoms with Gasteiger partial charge in [-0.05, 0) is 59.3 Å². The summed E-state index contributed by atoms with van der Waals surface area (Å²) in [5, 5.41) is 14.6. The average Bonchev–Trinajstić information content (AvgIpc) is 3.20. The van der Waals surface area contributed by atoms with Gasteiger partial charge in [0.05, 0.1) is 6.42 Å². The highest BCUT2D eigenvalue weighted by atomic mass is 16.5. The van der Waals surface area contributed by atoms with Crippen molar-refractivity contribution >= 4 is 18.0 Å². The van der Waals surface area contributed by atoms with Crippen LogP contribution in [0, 0.1) is 17.8 Å². The monoisotopic (exact) mass is 474 g/mol. The van der Waals surface area contributed by atoms with E-state index in [4.69, 9.17) is 4.74 Å². The molecule has 2 aromatic rings. The molecule has 0 radical (unpaired) electrons. The van der Waals surface area contributed by atoms with Crippen LogP contribution in [0.25, 0.3) is 11.1 Å². The number of carboxylic acids is 1. The van der Waals surface area contributed by atoms with Gasteiger partial charge < -0.3 is 20.5 Å². The summed E-state index contributed by atoms with van der Waals surface area (Å²) in [5.74, 6) is -0.406. The lowest BCUT2D eigenvalue weighted by Crippen LogP contribution is -2.49. The Kier molecular flexibility index (Phi) is 6.57. The van der Waals surface area contributed by atoms with E-state index in [1.165, 1.54) is 6.42 Å². The van der Waals surface area contributed by atoms with Crippen LogP contribution in [-0.4, -0.2) is 42.3 Å². The molecule has 1 saturated carbocycles. The van der Waals surface area contributed by atoms with Crippen LogP contribution in [0.3, 0.4) is 0 Å². The number of hydrogen-bond donors (Lipinski definition) is 3. The smallest absolute Gasteiger partial charge is 0.407 e. The average molecular weight is 475 g/mol. The predicted octanol–water partition coefficient (Wildman–Crippen LogP) is 4.09. The number of carboxylic acid groups (broad SMARTS) is 1. The van der Waals surface area contributed by atoms with E-state index in [-0.39, 0.29) is 12.5 Å². The second-order valence-corrected chi connectivity index (χ2v) is 9.75. The third kappa shape index (κ3) is 4.94. The molecule has 35 heavy (non-hydrogen) atoms. The lowest BCUT2D eigenvalue weighted by atomic mass is 9.69. The topological polar surface area (TPSA) is 105 Å². The van der Waals surface area contributed by atoms with Gasteiger partial charge in [0.15, 0.2) is 0 Å². The van der Waals surface area contributed by atoms with Crippen molar-refractivity contribution in [2.45, 2.75) is 37.6 Å². The van der Waals surface area contributed by atoms with Gasteiger partial charge in [0.1, 0.15) is 12.6 Å². The Bertz CT molecular complexity index is 1110. The van der Waals surface area contributed by atoms with Crippen molar-refractivity contribution in [3.8, 4) is 11.1 Å². The van der Waals surface area contributed by atoms with E-state index in [9.17, 15) is 19.5 Å². The molecule has 3 N–H and O–H groups in total. The van der Waals surface area contributed by atoms with Crippen molar-refractivity contribution in [1.82, 2.24) is 10.6 Å². The molecule has 7 heteroatoms. The fourth-order valence-electron chi connectivity index (χ4n) is 5.81. The number of ether oxygens (including phenoxy) is 1. The van der Waals surface area contributed by atoms with Crippen LogP contribution in [0.4, 0.5) is 4.79 Å². The first-order valence-electron chi connectivity index (χ1n) is 12.3. The van der Waals surface area contributed by atoms with Crippen LogP contribution < -0.4 is 10.6 Å². The molecule has 0 aliphatic heterocycles. The first kappa shape index (κ1) is 23.1. The highest BCUT2D eigenvalue weighted by Crippen LogP contribution is 2.44. The van der Waals surface area contributed by atoms with Gasteiger partial charge >= 0.3 is 12.1 Å². The van der Waals surface area contributed by atoms with E-state index in [1.54, 1.807) is 0 Å². The number of benzene rings is 2. The van der Waals surface area contributed by atoms with Crippen molar-refractivity contribution < 1.29 is 24.2 Å². The molecule has 0 saturated heterocycles. The largest absolute Gasteiger partial charge is 0.481 e. The molecular formula is C28H30N2O5. The van der Waals surface area contributed by atoms with Crippen molar-refractivity contribution in [2.24, 2.45) is 17.8 Å². The summed E-state index contributed by atoms with van der Waals surface area (Å²) < 4.78 is 5.50. The molecule has 4 unspecified atom stereocenters. The van der Waals surface area contributed by atoms with Crippen molar-refractivity contribution in [2.75, 3.05) is 13.2 Å². The summed E-state index contributed by atoms with van der Waals surface area (Å²) in [6, 6.07) is 14.8. The van der Waals surface area contributed by atoms with Crippen LogP contribution in [0.1, 0.15) is 42.7 Å². The van der Waals surface area contributed by atoms with Gasteiger partial charge in [-0.1, -0.05) is 60.7 Å². The second kappa shape index (κ2) is 9.94. The van der Waals surface area contributed by atoms with Crippen molar-refractivity contribution in [1.29, 1.82) is 0 Å². The van der Waals surface area contributed by atoms with Crippen LogP contribution >= 0.6 is 0 Å². The molecule has 0 spiro atoms. The number of carbonyl (C=O) groups excluding carboxylic acids is 2. The molecule has 0 aromatic heterocycles. The number of rotatable bonds is 8. The van der Waals surface area contributed by atoms with Gasteiger partial charge in [-0.3, -0.25) is 9.59 Å². The Hall–Kier alpha value is -3.61. The molecule has 4 aliphatic carbocycles. The summed E-state index contributed by atoms with van der Waals surface area (Å²) in [4.78, 5) is 36.8. The second-order valence-electron chi connectivity index (χ2n) is 9.75. The molecule has 2 bridgehead atoms. The Morgan fingerprint density at radius 3 is 2.23 bits per heavy atom. The zero-order valence-corrected chi connectivity index (χ0v) is 19.5. The summed E-state index contributed by atoms with van der Waals surface area (Å²) in [5.41, 5.74) is 4.40. The fraction of sp³-hybridized carbons (Fsp3) is 0.393. The van der Waals surface area contributed by atoms with Crippen LogP contribution in [0.2, 0.25) is 0 Å². The summed E-state index contributed by atoms with van der Waals surface area (Å²) in [6.45, 7) is 0.575. The Morgan fingerprint density at radius 2 is 1.66 bits per heavy atom. The van der Waals surface area contributed by atoms with Gasteiger partial charge in [-0.25, -0.2) is 4.79 Å². The quantitative estimate of drug-likeness (QED) is 0.500. The van der Waals surface area contributed by atoms with Gasteiger partial charge in [-0.2, -0.15) is 0 Å². The highest BCUT2D eigenvalue weighted by Gasteiger charge is 2.33. The number of hydrogen-bond acceptors (Lipinski definition) is 4. The van der Waals surface area contributed by atoms with Crippen LogP contribution in [-0.2, 0) is 14.3 Å². The maximum atomic E-state index is 12.8. The molecular weight excluding hydrogens is 444 g/mol. The molecule has 2 amide bonds. The summed E-state index contributed by atoms with van der Waals surface area (Å²) in [6.07, 6.45) is 6.54. The van der Waals surface area contributed by atoms with Crippen LogP contribution in [0.5, 0.6) is 0 Å². The Labute approximate surface area is 204 Å². The van der Waals surface area contributed by atoms with E-state index in [0.29, 0.717) is 24.3 Å². The number of allylic oxidation sites excluding steroid dienone is 2. The van der Waals surface area contributed by atoms with Gasteiger partial charge in [0.25, 0.3) is 0 Å². The Balaban J connectivity index is 1.19. The van der Waals surface area contributed by atoms with Gasteiger partial charge in [0.2, 0.25) is 5.91 Å². The molecule has 4 atom stereocenters. The number of alkyl carbamates (subject to hydrolysis) is 1. The lowest BCUT2D eigenvalue weighted by molar-refractivity contribution is -0.139. The summed E-state index contributed by atoms with van der Waals surface area (Å²) in [7, 11) is 0. The van der Waals surface area contributed by atoms with E-state index in [2.05, 4.69) is 34.9 Å². The zero-order chi connectivity index (χ0) is 24.4. The van der Waals surface area contributed by atoms with Gasteiger partial charge in [0, 0.05) is 12.5 Å². The van der Waals surface area contributed by atoms with Crippen molar-refractivity contribution in [3.05, 3.63) is 71.8 Å². The number of carbonyl (C=O) groups is 3. The highest BCUT2D eigenvalue weighted by molar-refractivity contribution is 5.89. The number of fused-ring (bicyclic) bond motifs is 5. The number of nitrogens with one attached hydrogen (secondary N) is 2. The predicted molar refractivity (Wildman–Crippen MR) is 131 cm³/mol. The number of aliphatic carboxylic acids is 1. The molecule has 6 rings (SSSR count). The maximum Gasteiger partial charge on any atom is 0.407 e. The minimum Gasteiger partial charge on any atom is -0.481 e. The molecule has 7 nitrogen and oxygen atoms in total. The SMILES string of the molecule is O=C(O)CC(NC(=O)OCC1c2ccccc2-c2ccccc21)C(=O)NCC1CC2C=CC1CC2. The standard InChI is InChI=1S/C28H30N2O5/c31-26(32)14-25(27(33)29-15-19-13-17-9-11-18(19)12-10-17)30-28(34)35-16-24-22-7-3-1-5-20(22)21-6-2-4-8-23(21)24/h1-9,11,17-19,24-25H,10,12-16H2,(H,29,33)(H,30,34)(H,31,32). The molecule has 1 fully saturated rings. The lowest BCUT2D eigenvalue weighted by Gasteiger charge is -2.38. The van der Waals surface area contributed by atoms with Gasteiger partial charge in [-0.15, -0.1) is 0 Å². The molecule has 182 valence electrons. The number of amides is 2. The first-order chi connectivity index (χ1) is 17.0. The molecule has 0 heterocycles. The minimum absolute atomic E-state index is 0.0960. The fourth-order valence-corrected chi connectivity index (χ4v) is 5.81. The Morgan fingerprint density at radius 1 is 0.971 bits per heavy atom. The summed E-state index contributed by atoms with van der Waals surface area (Å²) >= 11 is 0. The third-order valence-electron chi connectivity index (χ3n) is 7.58. The third-order valence-corrected chi connectivity index (χ3v) is 7.58. The maximum absolute atomic E-state index is 12.8. The van der Waals surface area contributed by atoms with E-state index in [0.717, 1.165) is 35.1 Å². The normalized spacial score (nSPS) is 22.7. The van der Waals surface area contributed by atoms with Crippen molar-refractivity contribution in [3.63, 3.8) is 0 Å².